The monoisotopic (exact) mass is 1330 g/mol. The Morgan fingerprint density at radius 1 is 0.636 bits per heavy atom. The quantitative estimate of drug-likeness (QED) is 0.0368. The van der Waals surface area contributed by atoms with Gasteiger partial charge in [-0.15, -0.1) is 12.4 Å². The number of nitrogens with one attached hydrogen (secondary N) is 1. The van der Waals surface area contributed by atoms with Crippen LogP contribution in [0.4, 0.5) is 17.6 Å². The first-order valence-corrected chi connectivity index (χ1v) is 30.5. The van der Waals surface area contributed by atoms with Gasteiger partial charge in [-0.3, -0.25) is 28.7 Å². The van der Waals surface area contributed by atoms with Crippen LogP contribution in [0.2, 0.25) is 0 Å². The van der Waals surface area contributed by atoms with Gasteiger partial charge in [0.25, 0.3) is 0 Å². The summed E-state index contributed by atoms with van der Waals surface area (Å²) in [7, 11) is 3.48. The van der Waals surface area contributed by atoms with E-state index in [9.17, 15) is 35.0 Å². The SMILES string of the molecule is C1CCOC1.CC.CC(NS(=O)C(C)(C)C)c1ccc(-c2cnn(C)c2)cc1F.CS(N)=O.Cl.Cn1cc(-c2ccc(C=NS(=O)C(C)(C)C)c(F)c2)cn1.Cn1cc(-c2ccc(C=O)c(F)c2)cn1.Cn1cc(-c2ccc(CO)c(F)c2)cn1.[CH3-].[Cl-].[Mg+2]. The summed E-state index contributed by atoms with van der Waals surface area (Å²) < 4.78 is 106. The van der Waals surface area contributed by atoms with Crippen molar-refractivity contribution in [2.75, 3.05) is 19.5 Å². The van der Waals surface area contributed by atoms with Crippen LogP contribution in [0.3, 0.4) is 0 Å². The molecule has 0 bridgehead atoms. The summed E-state index contributed by atoms with van der Waals surface area (Å²) in [6.07, 6.45) is 19.8. The van der Waals surface area contributed by atoms with E-state index in [0.717, 1.165) is 52.2 Å². The molecule has 88 heavy (non-hydrogen) atoms. The summed E-state index contributed by atoms with van der Waals surface area (Å²) >= 11 is 0. The minimum Gasteiger partial charge on any atom is -1.00 e. The van der Waals surface area contributed by atoms with Gasteiger partial charge in [0.1, 0.15) is 34.3 Å². The predicted molar refractivity (Wildman–Crippen MR) is 350 cm³/mol. The third-order valence-electron chi connectivity index (χ3n) is 11.4. The van der Waals surface area contributed by atoms with Crippen LogP contribution in [-0.4, -0.2) is 121 Å². The molecular formula is C61H83Cl2F4MgN11O6S3. The number of rotatable bonds is 11. The molecule has 0 aliphatic carbocycles. The summed E-state index contributed by atoms with van der Waals surface area (Å²) in [5.41, 5.74) is 7.60. The van der Waals surface area contributed by atoms with Gasteiger partial charge in [-0.2, -0.15) is 24.8 Å². The first kappa shape index (κ1) is 84.5. The molecule has 0 spiro atoms. The molecule has 480 valence electrons. The van der Waals surface area contributed by atoms with Crippen molar-refractivity contribution in [2.45, 2.75) is 97.3 Å². The number of benzene rings is 4. The van der Waals surface area contributed by atoms with E-state index in [1.807, 2.05) is 108 Å². The summed E-state index contributed by atoms with van der Waals surface area (Å²) in [4.78, 5) is 10.4. The molecule has 4 N–H and O–H groups in total. The number of aldehydes is 1. The number of hydrogen-bond donors (Lipinski definition) is 3. The van der Waals surface area contributed by atoms with Crippen LogP contribution < -0.4 is 22.3 Å². The van der Waals surface area contributed by atoms with Crippen molar-refractivity contribution in [1.82, 2.24) is 43.8 Å². The van der Waals surface area contributed by atoms with Gasteiger partial charge in [-0.1, -0.05) is 50.2 Å². The standard InChI is InChI=1S/C16H22FN3OS.C15H18FN3OS.C11H11FN2O.C11H9FN2O.C4H8O.C2H6.CH5NOS.CH3.2ClH.Mg/c1-11(19-22(21)16(2,3)4)14-7-6-12(8-15(14)17)13-9-18-20(5)10-13;1-15(2,3)21(20)18-9-12-6-5-11(7-14(12)16)13-8-17-19(4)10-13;2*1-14-6-10(5-13-14)8-2-3-9(7-15)11(12)4-8;1-2-4-5-3-1;1-2;1-4(2)3;;;;/h6-11,19H,1-5H3;5-10H,1-4H3;2-6,15H,7H2,1H3;2-7H,1H3;1-4H2;1-2H3;2H2,1H3;1H3;2*1H;/q;;;;;;;-1;;;+2/p-1. The molecule has 4 aromatic carbocycles. The van der Waals surface area contributed by atoms with E-state index in [0.29, 0.717) is 28.5 Å². The summed E-state index contributed by atoms with van der Waals surface area (Å²) in [5.74, 6) is -1.61. The van der Waals surface area contributed by atoms with Gasteiger partial charge in [0.05, 0.1) is 68.4 Å². The molecule has 4 atom stereocenters. The molecule has 1 fully saturated rings. The van der Waals surface area contributed by atoms with E-state index in [-0.39, 0.29) is 89.9 Å². The number of carbonyl (C=O) groups excluding carboxylic acids is 1. The summed E-state index contributed by atoms with van der Waals surface area (Å²) in [6.45, 7) is 18.6. The van der Waals surface area contributed by atoms with Gasteiger partial charge < -0.3 is 29.7 Å². The molecule has 5 heterocycles. The molecule has 1 saturated heterocycles. The number of nitrogens with two attached hydrogens (primary N) is 1. The molecule has 0 radical (unpaired) electrons. The second kappa shape index (κ2) is 41.7. The molecular weight excluding hydrogens is 1250 g/mol. The van der Waals surface area contributed by atoms with Crippen molar-refractivity contribution in [2.24, 2.45) is 37.7 Å². The average molecular weight is 1330 g/mol. The first-order chi connectivity index (χ1) is 39.6. The largest absolute Gasteiger partial charge is 2.00 e. The molecule has 27 heteroatoms. The van der Waals surface area contributed by atoms with Gasteiger partial charge in [-0.25, -0.2) is 34.9 Å². The van der Waals surface area contributed by atoms with E-state index in [4.69, 9.17) is 9.84 Å². The normalized spacial score (nSPS) is 12.7. The van der Waals surface area contributed by atoms with Crippen LogP contribution in [0.15, 0.2) is 127 Å². The smallest absolute Gasteiger partial charge is 1.00 e. The molecule has 0 amide bonds. The van der Waals surface area contributed by atoms with Crippen LogP contribution in [0.5, 0.6) is 0 Å². The Hall–Kier alpha value is -5.58. The molecule has 17 nitrogen and oxygen atoms in total. The Morgan fingerprint density at radius 3 is 1.27 bits per heavy atom. The number of halogens is 6. The molecule has 8 aromatic rings. The number of aryl methyl sites for hydroxylation is 4. The Morgan fingerprint density at radius 2 is 0.989 bits per heavy atom. The second-order valence-corrected chi connectivity index (χ2v) is 25.5. The second-order valence-electron chi connectivity index (χ2n) is 20.5. The van der Waals surface area contributed by atoms with E-state index < -0.39 is 49.3 Å². The number of nitrogens with zero attached hydrogens (tertiary/aromatic N) is 9. The number of ether oxygens (including phenoxy) is 1. The number of carbonyl (C=O) groups is 1. The van der Waals surface area contributed by atoms with E-state index >= 15 is 0 Å². The number of aliphatic hydroxyl groups is 1. The molecule has 4 aromatic heterocycles. The van der Waals surface area contributed by atoms with Crippen molar-refractivity contribution in [3.8, 4) is 44.5 Å². The van der Waals surface area contributed by atoms with Crippen molar-refractivity contribution in [3.05, 3.63) is 175 Å². The first-order valence-electron chi connectivity index (χ1n) is 26.6. The van der Waals surface area contributed by atoms with E-state index in [1.54, 1.807) is 93.2 Å². The van der Waals surface area contributed by atoms with Crippen LogP contribution in [0, 0.1) is 30.7 Å². The average Bonchev–Trinajstić information content (AvgIpc) is 4.38. The third kappa shape index (κ3) is 28.9. The number of aromatic nitrogens is 8. The van der Waals surface area contributed by atoms with Crippen molar-refractivity contribution in [1.29, 1.82) is 0 Å². The Bertz CT molecular complexity index is 3450. The van der Waals surface area contributed by atoms with E-state index in [1.165, 1.54) is 55.6 Å². The zero-order valence-corrected chi connectivity index (χ0v) is 58.1. The minimum absolute atomic E-state index is 0. The third-order valence-corrected chi connectivity index (χ3v) is 14.5. The predicted octanol–water partition coefficient (Wildman–Crippen LogP) is 8.76. The zero-order valence-electron chi connectivity index (χ0n) is 52.6. The fourth-order valence-electron chi connectivity index (χ4n) is 6.98. The topological polar surface area (TPSA) is 219 Å². The molecule has 1 aliphatic heterocycles. The van der Waals surface area contributed by atoms with Crippen LogP contribution in [0.25, 0.3) is 44.5 Å². The van der Waals surface area contributed by atoms with Gasteiger partial charge in [0.15, 0.2) is 6.29 Å². The van der Waals surface area contributed by atoms with E-state index in [2.05, 4.69) is 34.7 Å². The van der Waals surface area contributed by atoms with Crippen molar-refractivity contribution < 1.29 is 57.2 Å². The summed E-state index contributed by atoms with van der Waals surface area (Å²) in [5, 5.41) is 29.6. The Balaban J connectivity index is 0. The maximum atomic E-state index is 14.4. The van der Waals surface area contributed by atoms with Crippen molar-refractivity contribution in [3.63, 3.8) is 0 Å². The molecule has 1 aliphatic rings. The fourth-order valence-corrected chi connectivity index (χ4v) is 8.31. The van der Waals surface area contributed by atoms with Gasteiger partial charge >= 0.3 is 23.1 Å². The number of aliphatic hydroxyl groups excluding tert-OH is 1. The Kier molecular flexibility index (Phi) is 40.0. The van der Waals surface area contributed by atoms with Gasteiger partial charge in [0, 0.05) is 124 Å². The zero-order chi connectivity index (χ0) is 62.9. The molecule has 9 rings (SSSR count). The maximum absolute atomic E-state index is 14.4. The van der Waals surface area contributed by atoms with Crippen LogP contribution >= 0.6 is 12.4 Å². The van der Waals surface area contributed by atoms with Crippen molar-refractivity contribution >= 4 is 80.9 Å². The minimum atomic E-state index is -1.39. The van der Waals surface area contributed by atoms with Crippen LogP contribution in [-0.2, 0) is 72.5 Å². The number of hydrogen-bond acceptors (Lipinski definition) is 10. The van der Waals surface area contributed by atoms with Gasteiger partial charge in [-0.05, 0) is 120 Å². The molecule has 0 saturated carbocycles. The fraction of sp³-hybridized carbons (Fsp3) is 0.361. The maximum Gasteiger partial charge on any atom is 2.00 e. The summed E-state index contributed by atoms with van der Waals surface area (Å²) in [6, 6.07) is 18.8. The van der Waals surface area contributed by atoms with Gasteiger partial charge in [0.2, 0.25) is 0 Å². The molecule has 4 unspecified atom stereocenters. The Labute approximate surface area is 552 Å². The van der Waals surface area contributed by atoms with Crippen LogP contribution in [0.1, 0.15) is 108 Å².